The summed E-state index contributed by atoms with van der Waals surface area (Å²) in [5, 5.41) is 1.13. The monoisotopic (exact) mass is 215 g/mol. The number of methoxy groups -OCH3 is 1. The van der Waals surface area contributed by atoms with Crippen LogP contribution < -0.4 is 4.74 Å². The van der Waals surface area contributed by atoms with Crippen LogP contribution in [0.5, 0.6) is 5.75 Å². The molecule has 0 N–H and O–H groups in total. The van der Waals surface area contributed by atoms with Crippen LogP contribution in [0.2, 0.25) is 0 Å². The zero-order valence-corrected chi connectivity index (χ0v) is 10.2. The molecule has 0 amide bonds. The average molecular weight is 215 g/mol. The van der Waals surface area contributed by atoms with E-state index in [4.69, 9.17) is 4.74 Å². The molecule has 0 aliphatic rings. The maximum absolute atomic E-state index is 5.51. The first-order valence-corrected chi connectivity index (χ1v) is 5.57. The Morgan fingerprint density at radius 1 is 1.12 bits per heavy atom. The fourth-order valence-corrected chi connectivity index (χ4v) is 1.94. The summed E-state index contributed by atoms with van der Waals surface area (Å²) in [6, 6.07) is 8.35. The Bertz CT molecular complexity index is 517. The molecular weight excluding hydrogens is 198 g/mol. The van der Waals surface area contributed by atoms with Crippen molar-refractivity contribution >= 4 is 10.9 Å². The van der Waals surface area contributed by atoms with E-state index in [0.29, 0.717) is 5.92 Å². The average Bonchev–Trinajstić information content (AvgIpc) is 2.27. The van der Waals surface area contributed by atoms with Gasteiger partial charge in [-0.2, -0.15) is 0 Å². The topological polar surface area (TPSA) is 22.1 Å². The molecule has 2 heteroatoms. The summed E-state index contributed by atoms with van der Waals surface area (Å²) in [6.07, 6.45) is 0. The molecule has 0 saturated heterocycles. The van der Waals surface area contributed by atoms with Crippen LogP contribution in [-0.2, 0) is 0 Å². The van der Waals surface area contributed by atoms with Gasteiger partial charge in [0.25, 0.3) is 0 Å². The van der Waals surface area contributed by atoms with E-state index in [1.54, 1.807) is 7.11 Å². The van der Waals surface area contributed by atoms with Gasteiger partial charge in [-0.05, 0) is 24.5 Å². The molecule has 1 aromatic carbocycles. The lowest BCUT2D eigenvalue weighted by atomic mass is 10.00. The van der Waals surface area contributed by atoms with Gasteiger partial charge in [-0.25, -0.2) is 4.98 Å². The summed E-state index contributed by atoms with van der Waals surface area (Å²) in [4.78, 5) is 4.56. The fraction of sp³-hybridized carbons (Fsp3) is 0.357. The molecule has 1 aromatic heterocycles. The van der Waals surface area contributed by atoms with Crippen molar-refractivity contribution < 1.29 is 4.74 Å². The Kier molecular flexibility index (Phi) is 2.82. The standard InChI is InChI=1S/C14H17NO/c1-9(2)12-8-7-11-6-5-10(3)15-13(11)14(12)16-4/h5-9H,1-4H3. The molecule has 0 bridgehead atoms. The van der Waals surface area contributed by atoms with Gasteiger partial charge < -0.3 is 4.74 Å². The van der Waals surface area contributed by atoms with Crippen molar-refractivity contribution in [2.24, 2.45) is 0 Å². The summed E-state index contributed by atoms with van der Waals surface area (Å²) < 4.78 is 5.51. The van der Waals surface area contributed by atoms with Gasteiger partial charge in [-0.3, -0.25) is 0 Å². The lowest BCUT2D eigenvalue weighted by Crippen LogP contribution is -1.97. The van der Waals surface area contributed by atoms with Crippen molar-refractivity contribution in [3.8, 4) is 5.75 Å². The SMILES string of the molecule is COc1c(C(C)C)ccc2ccc(C)nc12. The van der Waals surface area contributed by atoms with Crippen LogP contribution in [-0.4, -0.2) is 12.1 Å². The number of aryl methyl sites for hydroxylation is 1. The largest absolute Gasteiger partial charge is 0.494 e. The molecule has 0 unspecified atom stereocenters. The number of hydrogen-bond donors (Lipinski definition) is 0. The number of fused-ring (bicyclic) bond motifs is 1. The Labute approximate surface area is 96.3 Å². The molecule has 2 rings (SSSR count). The Balaban J connectivity index is 2.78. The van der Waals surface area contributed by atoms with Gasteiger partial charge in [0.05, 0.1) is 7.11 Å². The van der Waals surface area contributed by atoms with Crippen LogP contribution in [0.1, 0.15) is 31.0 Å². The molecular formula is C14H17NO. The predicted molar refractivity (Wildman–Crippen MR) is 67.1 cm³/mol. The van der Waals surface area contributed by atoms with E-state index in [0.717, 1.165) is 22.3 Å². The Hall–Kier alpha value is -1.57. The van der Waals surface area contributed by atoms with Gasteiger partial charge in [-0.15, -0.1) is 0 Å². The zero-order valence-electron chi connectivity index (χ0n) is 10.2. The second-order valence-electron chi connectivity index (χ2n) is 4.37. The third kappa shape index (κ3) is 1.75. The van der Waals surface area contributed by atoms with Crippen molar-refractivity contribution in [1.82, 2.24) is 4.98 Å². The van der Waals surface area contributed by atoms with Crippen LogP contribution in [0, 0.1) is 6.92 Å². The fourth-order valence-electron chi connectivity index (χ4n) is 1.94. The number of ether oxygens (including phenoxy) is 1. The summed E-state index contributed by atoms with van der Waals surface area (Å²) in [6.45, 7) is 6.33. The predicted octanol–water partition coefficient (Wildman–Crippen LogP) is 3.68. The number of pyridine rings is 1. The second kappa shape index (κ2) is 4.12. The van der Waals surface area contributed by atoms with Crippen molar-refractivity contribution in [2.75, 3.05) is 7.11 Å². The highest BCUT2D eigenvalue weighted by atomic mass is 16.5. The molecule has 0 aliphatic heterocycles. The Morgan fingerprint density at radius 2 is 1.81 bits per heavy atom. The molecule has 1 heterocycles. The number of hydrogen-bond acceptors (Lipinski definition) is 2. The molecule has 0 aliphatic carbocycles. The van der Waals surface area contributed by atoms with Crippen molar-refractivity contribution in [2.45, 2.75) is 26.7 Å². The third-order valence-electron chi connectivity index (χ3n) is 2.81. The number of aromatic nitrogens is 1. The number of benzene rings is 1. The highest BCUT2D eigenvalue weighted by Crippen LogP contribution is 2.32. The van der Waals surface area contributed by atoms with E-state index in [2.05, 4.69) is 37.0 Å². The van der Waals surface area contributed by atoms with Crippen molar-refractivity contribution in [1.29, 1.82) is 0 Å². The zero-order chi connectivity index (χ0) is 11.7. The first-order valence-electron chi connectivity index (χ1n) is 5.57. The van der Waals surface area contributed by atoms with Gasteiger partial charge in [0.1, 0.15) is 11.3 Å². The first-order chi connectivity index (χ1) is 7.63. The molecule has 0 fully saturated rings. The molecule has 0 atom stereocenters. The van der Waals surface area contributed by atoms with Gasteiger partial charge >= 0.3 is 0 Å². The van der Waals surface area contributed by atoms with E-state index in [1.807, 2.05) is 13.0 Å². The molecule has 0 spiro atoms. The second-order valence-corrected chi connectivity index (χ2v) is 4.37. The van der Waals surface area contributed by atoms with Gasteiger partial charge in [0.15, 0.2) is 0 Å². The van der Waals surface area contributed by atoms with E-state index >= 15 is 0 Å². The van der Waals surface area contributed by atoms with Crippen LogP contribution in [0.4, 0.5) is 0 Å². The highest BCUT2D eigenvalue weighted by molar-refractivity contribution is 5.86. The molecule has 0 radical (unpaired) electrons. The minimum atomic E-state index is 0.446. The number of nitrogens with zero attached hydrogens (tertiary/aromatic N) is 1. The minimum Gasteiger partial charge on any atom is -0.494 e. The maximum atomic E-state index is 5.51. The summed E-state index contributed by atoms with van der Waals surface area (Å²) in [7, 11) is 1.71. The van der Waals surface area contributed by atoms with E-state index in [1.165, 1.54) is 5.56 Å². The van der Waals surface area contributed by atoms with Crippen LogP contribution >= 0.6 is 0 Å². The van der Waals surface area contributed by atoms with Gasteiger partial charge in [0, 0.05) is 11.1 Å². The van der Waals surface area contributed by atoms with E-state index in [9.17, 15) is 0 Å². The van der Waals surface area contributed by atoms with E-state index < -0.39 is 0 Å². The quantitative estimate of drug-likeness (QED) is 0.762. The summed E-state index contributed by atoms with van der Waals surface area (Å²) in [5.74, 6) is 1.36. The molecule has 16 heavy (non-hydrogen) atoms. The van der Waals surface area contributed by atoms with Gasteiger partial charge in [0.2, 0.25) is 0 Å². The lowest BCUT2D eigenvalue weighted by Gasteiger charge is -2.13. The maximum Gasteiger partial charge on any atom is 0.148 e. The normalized spacial score (nSPS) is 11.1. The van der Waals surface area contributed by atoms with Crippen LogP contribution in [0.3, 0.4) is 0 Å². The van der Waals surface area contributed by atoms with Crippen molar-refractivity contribution in [3.63, 3.8) is 0 Å². The molecule has 2 nitrogen and oxygen atoms in total. The Morgan fingerprint density at radius 3 is 2.44 bits per heavy atom. The van der Waals surface area contributed by atoms with Crippen LogP contribution in [0.15, 0.2) is 24.3 Å². The molecule has 0 saturated carbocycles. The van der Waals surface area contributed by atoms with Gasteiger partial charge in [-0.1, -0.05) is 32.0 Å². The lowest BCUT2D eigenvalue weighted by molar-refractivity contribution is 0.411. The third-order valence-corrected chi connectivity index (χ3v) is 2.81. The van der Waals surface area contributed by atoms with Crippen molar-refractivity contribution in [3.05, 3.63) is 35.5 Å². The first kappa shape index (κ1) is 10.9. The summed E-state index contributed by atoms with van der Waals surface area (Å²) in [5.41, 5.74) is 3.20. The summed E-state index contributed by atoms with van der Waals surface area (Å²) >= 11 is 0. The molecule has 84 valence electrons. The highest BCUT2D eigenvalue weighted by Gasteiger charge is 2.12. The van der Waals surface area contributed by atoms with E-state index in [-0.39, 0.29) is 0 Å². The minimum absolute atomic E-state index is 0.446. The number of rotatable bonds is 2. The smallest absolute Gasteiger partial charge is 0.148 e. The molecule has 2 aromatic rings. The van der Waals surface area contributed by atoms with Crippen LogP contribution in [0.25, 0.3) is 10.9 Å².